The van der Waals surface area contributed by atoms with Crippen LogP contribution in [0.1, 0.15) is 38.2 Å². The van der Waals surface area contributed by atoms with Crippen molar-refractivity contribution in [2.75, 3.05) is 6.54 Å². The fourth-order valence-corrected chi connectivity index (χ4v) is 2.11. The molecule has 1 N–H and O–H groups in total. The van der Waals surface area contributed by atoms with Gasteiger partial charge in [-0.25, -0.2) is 0 Å². The maximum absolute atomic E-state index is 3.55. The molecule has 1 aromatic rings. The quantitative estimate of drug-likeness (QED) is 0.757. The predicted octanol–water partition coefficient (Wildman–Crippen LogP) is 2.79. The summed E-state index contributed by atoms with van der Waals surface area (Å²) >= 11 is 0. The highest BCUT2D eigenvalue weighted by Gasteiger charge is 2.16. The van der Waals surface area contributed by atoms with Crippen LogP contribution >= 0.6 is 0 Å². The number of hydrogen-bond acceptors (Lipinski definition) is 1. The predicted molar refractivity (Wildman–Crippen MR) is 63.8 cm³/mol. The van der Waals surface area contributed by atoms with Gasteiger partial charge >= 0.3 is 0 Å². The van der Waals surface area contributed by atoms with Gasteiger partial charge < -0.3 is 9.88 Å². The minimum Gasteiger partial charge on any atom is -0.354 e. The maximum atomic E-state index is 3.55. The number of aromatic nitrogens is 1. The van der Waals surface area contributed by atoms with Crippen molar-refractivity contribution >= 4 is 0 Å². The lowest BCUT2D eigenvalue weighted by Crippen LogP contribution is -2.26. The molecule has 0 amide bonds. The number of nitrogens with one attached hydrogen (secondary N) is 1. The topological polar surface area (TPSA) is 17.0 Å². The zero-order valence-electron chi connectivity index (χ0n) is 9.71. The van der Waals surface area contributed by atoms with Crippen molar-refractivity contribution in [3.8, 4) is 0 Å². The van der Waals surface area contributed by atoms with E-state index in [0.717, 1.165) is 19.0 Å². The molecular weight excluding hydrogens is 184 g/mol. The molecule has 1 aliphatic rings. The van der Waals surface area contributed by atoms with Crippen LogP contribution in [0.5, 0.6) is 0 Å². The SMILES string of the molecule is CCCn1ccc(CNCC2CCC2)c1. The van der Waals surface area contributed by atoms with Gasteiger partial charge in [0.2, 0.25) is 0 Å². The molecule has 0 spiro atoms. The van der Waals surface area contributed by atoms with Crippen LogP contribution in [-0.2, 0) is 13.1 Å². The monoisotopic (exact) mass is 206 g/mol. The third-order valence-corrected chi connectivity index (χ3v) is 3.28. The Labute approximate surface area is 92.7 Å². The van der Waals surface area contributed by atoms with Gasteiger partial charge in [-0.3, -0.25) is 0 Å². The molecule has 0 aliphatic heterocycles. The third kappa shape index (κ3) is 3.10. The number of rotatable bonds is 6. The Kier molecular flexibility index (Phi) is 3.84. The molecule has 2 rings (SSSR count). The van der Waals surface area contributed by atoms with Crippen LogP contribution in [0.15, 0.2) is 18.5 Å². The zero-order chi connectivity index (χ0) is 10.5. The molecule has 84 valence electrons. The van der Waals surface area contributed by atoms with Crippen LogP contribution in [0.2, 0.25) is 0 Å². The number of hydrogen-bond donors (Lipinski definition) is 1. The molecular formula is C13H22N2. The molecule has 0 radical (unpaired) electrons. The van der Waals surface area contributed by atoms with Gasteiger partial charge in [0.1, 0.15) is 0 Å². The van der Waals surface area contributed by atoms with E-state index >= 15 is 0 Å². The van der Waals surface area contributed by atoms with Gasteiger partial charge in [0.15, 0.2) is 0 Å². The average Bonchev–Trinajstić information content (AvgIpc) is 2.58. The fourth-order valence-electron chi connectivity index (χ4n) is 2.11. The lowest BCUT2D eigenvalue weighted by molar-refractivity contribution is 0.301. The molecule has 1 heterocycles. The molecule has 0 saturated heterocycles. The highest BCUT2D eigenvalue weighted by molar-refractivity contribution is 5.09. The van der Waals surface area contributed by atoms with E-state index in [9.17, 15) is 0 Å². The van der Waals surface area contributed by atoms with Gasteiger partial charge in [-0.2, -0.15) is 0 Å². The van der Waals surface area contributed by atoms with E-state index in [2.05, 4.69) is 35.3 Å². The molecule has 2 nitrogen and oxygen atoms in total. The molecule has 2 heteroatoms. The minimum atomic E-state index is 0.961. The van der Waals surface area contributed by atoms with Crippen molar-refractivity contribution in [1.29, 1.82) is 0 Å². The van der Waals surface area contributed by atoms with Crippen LogP contribution in [0.3, 0.4) is 0 Å². The summed E-state index contributed by atoms with van der Waals surface area (Å²) in [6, 6.07) is 2.23. The van der Waals surface area contributed by atoms with Gasteiger partial charge in [0.05, 0.1) is 0 Å². The normalized spacial score (nSPS) is 16.6. The second-order valence-electron chi connectivity index (χ2n) is 4.69. The van der Waals surface area contributed by atoms with Gasteiger partial charge in [0.25, 0.3) is 0 Å². The Bertz CT molecular complexity index is 286. The number of nitrogens with zero attached hydrogens (tertiary/aromatic N) is 1. The fraction of sp³-hybridized carbons (Fsp3) is 0.692. The molecule has 1 aromatic heterocycles. The molecule has 1 fully saturated rings. The molecule has 0 aromatic carbocycles. The van der Waals surface area contributed by atoms with E-state index in [1.54, 1.807) is 0 Å². The molecule has 1 aliphatic carbocycles. The molecule has 15 heavy (non-hydrogen) atoms. The Morgan fingerprint density at radius 2 is 2.33 bits per heavy atom. The first-order valence-electron chi connectivity index (χ1n) is 6.24. The summed E-state index contributed by atoms with van der Waals surface area (Å²) in [5, 5.41) is 3.55. The van der Waals surface area contributed by atoms with Crippen molar-refractivity contribution in [2.24, 2.45) is 5.92 Å². The standard InChI is InChI=1S/C13H22N2/c1-2-7-15-8-6-13(11-15)10-14-9-12-4-3-5-12/h6,8,11-12,14H,2-5,7,9-10H2,1H3. The number of aryl methyl sites for hydroxylation is 1. The van der Waals surface area contributed by atoms with E-state index in [1.165, 1.54) is 37.8 Å². The van der Waals surface area contributed by atoms with Crippen molar-refractivity contribution in [3.63, 3.8) is 0 Å². The van der Waals surface area contributed by atoms with Crippen molar-refractivity contribution in [1.82, 2.24) is 9.88 Å². The summed E-state index contributed by atoms with van der Waals surface area (Å²) in [5.41, 5.74) is 1.42. The molecule has 0 bridgehead atoms. The maximum Gasteiger partial charge on any atom is 0.0220 e. The van der Waals surface area contributed by atoms with Gasteiger partial charge in [-0.1, -0.05) is 13.3 Å². The molecule has 0 unspecified atom stereocenters. The first kappa shape index (κ1) is 10.7. The highest BCUT2D eigenvalue weighted by atomic mass is 14.9. The lowest BCUT2D eigenvalue weighted by Gasteiger charge is -2.25. The van der Waals surface area contributed by atoms with E-state index in [4.69, 9.17) is 0 Å². The van der Waals surface area contributed by atoms with Gasteiger partial charge in [0, 0.05) is 25.5 Å². The Morgan fingerprint density at radius 1 is 1.47 bits per heavy atom. The van der Waals surface area contributed by atoms with Crippen molar-refractivity contribution < 1.29 is 0 Å². The summed E-state index contributed by atoms with van der Waals surface area (Å²) in [6.45, 7) is 5.60. The van der Waals surface area contributed by atoms with E-state index < -0.39 is 0 Å². The highest BCUT2D eigenvalue weighted by Crippen LogP contribution is 2.25. The Morgan fingerprint density at radius 3 is 3.00 bits per heavy atom. The second-order valence-corrected chi connectivity index (χ2v) is 4.69. The second kappa shape index (κ2) is 5.36. The van der Waals surface area contributed by atoms with Gasteiger partial charge in [-0.15, -0.1) is 0 Å². The van der Waals surface area contributed by atoms with Gasteiger partial charge in [-0.05, 0) is 43.4 Å². The summed E-state index contributed by atoms with van der Waals surface area (Å²) < 4.78 is 2.28. The summed E-state index contributed by atoms with van der Waals surface area (Å²) in [4.78, 5) is 0. The van der Waals surface area contributed by atoms with Crippen LogP contribution in [0.25, 0.3) is 0 Å². The van der Waals surface area contributed by atoms with Crippen molar-refractivity contribution in [2.45, 2.75) is 45.7 Å². The summed E-state index contributed by atoms with van der Waals surface area (Å²) in [7, 11) is 0. The zero-order valence-corrected chi connectivity index (χ0v) is 9.71. The first-order valence-corrected chi connectivity index (χ1v) is 6.24. The first-order chi connectivity index (χ1) is 7.38. The van der Waals surface area contributed by atoms with Crippen LogP contribution in [-0.4, -0.2) is 11.1 Å². The minimum absolute atomic E-state index is 0.961. The van der Waals surface area contributed by atoms with E-state index in [0.29, 0.717) is 0 Å². The smallest absolute Gasteiger partial charge is 0.0220 e. The Hall–Kier alpha value is -0.760. The van der Waals surface area contributed by atoms with Crippen molar-refractivity contribution in [3.05, 3.63) is 24.0 Å². The molecule has 0 atom stereocenters. The third-order valence-electron chi connectivity index (χ3n) is 3.28. The van der Waals surface area contributed by atoms with E-state index in [-0.39, 0.29) is 0 Å². The Balaban J connectivity index is 1.67. The van der Waals surface area contributed by atoms with Crippen LogP contribution < -0.4 is 5.32 Å². The average molecular weight is 206 g/mol. The van der Waals surface area contributed by atoms with E-state index in [1.807, 2.05) is 0 Å². The lowest BCUT2D eigenvalue weighted by atomic mass is 9.85. The largest absolute Gasteiger partial charge is 0.354 e. The summed E-state index contributed by atoms with van der Waals surface area (Å²) in [6.07, 6.45) is 9.97. The van der Waals surface area contributed by atoms with Crippen LogP contribution in [0.4, 0.5) is 0 Å². The summed E-state index contributed by atoms with van der Waals surface area (Å²) in [5.74, 6) is 0.961. The van der Waals surface area contributed by atoms with Crippen LogP contribution in [0, 0.1) is 5.92 Å². The molecule has 1 saturated carbocycles.